The number of halogens is 1. The lowest BCUT2D eigenvalue weighted by Crippen LogP contribution is -2.24. The van der Waals surface area contributed by atoms with Gasteiger partial charge < -0.3 is 4.57 Å². The predicted octanol–water partition coefficient (Wildman–Crippen LogP) is 3.00. The third-order valence-electron chi connectivity index (χ3n) is 3.35. The molecule has 1 heterocycles. The molecule has 0 spiro atoms. The first-order chi connectivity index (χ1) is 11.1. The topological polar surface area (TPSA) is 64.0 Å². The molecule has 118 valence electrons. The van der Waals surface area contributed by atoms with E-state index >= 15 is 0 Å². The van der Waals surface area contributed by atoms with E-state index in [1.807, 2.05) is 28.8 Å². The Balaban J connectivity index is 1.86. The lowest BCUT2D eigenvalue weighted by Gasteiger charge is -2.12. The van der Waals surface area contributed by atoms with Crippen molar-refractivity contribution in [3.8, 4) is 5.69 Å². The van der Waals surface area contributed by atoms with Gasteiger partial charge in [-0.3, -0.25) is 0 Å². The molecule has 7 heteroatoms. The molecule has 0 saturated carbocycles. The van der Waals surface area contributed by atoms with Gasteiger partial charge in [-0.05, 0) is 23.8 Å². The molecule has 0 unspecified atom stereocenters. The standard InChI is InChI=1S/C16H14ClN3O2S/c17-14-6-2-4-8-16(14)23(21,22)19-11-13-5-1-3-7-15(13)20-10-9-18-12-20/h1-10,12,19H,11H2. The van der Waals surface area contributed by atoms with Crippen molar-refractivity contribution in [2.24, 2.45) is 0 Å². The van der Waals surface area contributed by atoms with Crippen molar-refractivity contribution < 1.29 is 8.42 Å². The van der Waals surface area contributed by atoms with E-state index in [0.29, 0.717) is 0 Å². The van der Waals surface area contributed by atoms with Gasteiger partial charge in [-0.15, -0.1) is 0 Å². The summed E-state index contributed by atoms with van der Waals surface area (Å²) in [4.78, 5) is 4.09. The first-order valence-corrected chi connectivity index (χ1v) is 8.74. The maximum atomic E-state index is 12.4. The fourth-order valence-electron chi connectivity index (χ4n) is 2.23. The second kappa shape index (κ2) is 6.54. The fourth-order valence-corrected chi connectivity index (χ4v) is 3.75. The van der Waals surface area contributed by atoms with Gasteiger partial charge in [0.1, 0.15) is 4.90 Å². The van der Waals surface area contributed by atoms with Gasteiger partial charge >= 0.3 is 0 Å². The summed E-state index contributed by atoms with van der Waals surface area (Å²) in [5.74, 6) is 0. The number of benzene rings is 2. The normalized spacial score (nSPS) is 11.5. The van der Waals surface area contributed by atoms with Gasteiger partial charge in [0.15, 0.2) is 0 Å². The first-order valence-electron chi connectivity index (χ1n) is 6.88. The minimum absolute atomic E-state index is 0.0711. The molecule has 0 bridgehead atoms. The highest BCUT2D eigenvalue weighted by Gasteiger charge is 2.17. The highest BCUT2D eigenvalue weighted by Crippen LogP contribution is 2.21. The number of aromatic nitrogens is 2. The molecule has 0 amide bonds. The fraction of sp³-hybridized carbons (Fsp3) is 0.0625. The van der Waals surface area contributed by atoms with Crippen molar-refractivity contribution in [1.82, 2.24) is 14.3 Å². The molecule has 0 aliphatic heterocycles. The minimum Gasteiger partial charge on any atom is -0.306 e. The van der Waals surface area contributed by atoms with Crippen molar-refractivity contribution >= 4 is 21.6 Å². The van der Waals surface area contributed by atoms with Gasteiger partial charge in [0.2, 0.25) is 10.0 Å². The summed E-state index contributed by atoms with van der Waals surface area (Å²) >= 11 is 5.97. The van der Waals surface area contributed by atoms with Crippen LogP contribution in [0, 0.1) is 0 Å². The lowest BCUT2D eigenvalue weighted by atomic mass is 10.2. The summed E-state index contributed by atoms with van der Waals surface area (Å²) < 4.78 is 29.2. The van der Waals surface area contributed by atoms with E-state index in [9.17, 15) is 8.42 Å². The molecule has 23 heavy (non-hydrogen) atoms. The summed E-state index contributed by atoms with van der Waals surface area (Å²) in [6.07, 6.45) is 5.15. The van der Waals surface area contributed by atoms with Gasteiger partial charge in [-0.1, -0.05) is 41.9 Å². The van der Waals surface area contributed by atoms with Crippen LogP contribution in [0.3, 0.4) is 0 Å². The zero-order valence-electron chi connectivity index (χ0n) is 12.1. The Morgan fingerprint density at radius 3 is 2.57 bits per heavy atom. The molecular weight excluding hydrogens is 334 g/mol. The highest BCUT2D eigenvalue weighted by atomic mass is 35.5. The van der Waals surface area contributed by atoms with E-state index in [1.165, 1.54) is 6.07 Å². The number of hydrogen-bond donors (Lipinski definition) is 1. The molecule has 0 fully saturated rings. The highest BCUT2D eigenvalue weighted by molar-refractivity contribution is 7.89. The van der Waals surface area contributed by atoms with Crippen molar-refractivity contribution in [2.75, 3.05) is 0 Å². The molecule has 3 rings (SSSR count). The zero-order valence-corrected chi connectivity index (χ0v) is 13.6. The van der Waals surface area contributed by atoms with Gasteiger partial charge in [-0.2, -0.15) is 0 Å². The number of rotatable bonds is 5. The molecule has 0 aliphatic carbocycles. The molecule has 2 aromatic carbocycles. The molecule has 1 N–H and O–H groups in total. The number of nitrogens with one attached hydrogen (secondary N) is 1. The number of nitrogens with zero attached hydrogens (tertiary/aromatic N) is 2. The molecule has 5 nitrogen and oxygen atoms in total. The quantitative estimate of drug-likeness (QED) is 0.771. The SMILES string of the molecule is O=S(=O)(NCc1ccccc1-n1ccnc1)c1ccccc1Cl. The maximum Gasteiger partial charge on any atom is 0.242 e. The molecule has 0 saturated heterocycles. The summed E-state index contributed by atoms with van der Waals surface area (Å²) in [5, 5.41) is 0.197. The van der Waals surface area contributed by atoms with Crippen LogP contribution in [0.1, 0.15) is 5.56 Å². The van der Waals surface area contributed by atoms with Gasteiger partial charge in [0.05, 0.1) is 17.0 Å². The van der Waals surface area contributed by atoms with Gasteiger partial charge in [0.25, 0.3) is 0 Å². The second-order valence-electron chi connectivity index (χ2n) is 4.85. The van der Waals surface area contributed by atoms with E-state index in [4.69, 9.17) is 11.6 Å². The van der Waals surface area contributed by atoms with E-state index < -0.39 is 10.0 Å². The molecule has 3 aromatic rings. The van der Waals surface area contributed by atoms with Crippen LogP contribution in [0.4, 0.5) is 0 Å². The average molecular weight is 348 g/mol. The summed E-state index contributed by atoms with van der Waals surface area (Å²) in [7, 11) is -3.68. The van der Waals surface area contributed by atoms with Crippen molar-refractivity contribution in [1.29, 1.82) is 0 Å². The van der Waals surface area contributed by atoms with Crippen LogP contribution in [-0.2, 0) is 16.6 Å². The van der Waals surface area contributed by atoms with E-state index in [1.54, 1.807) is 36.9 Å². The number of hydrogen-bond acceptors (Lipinski definition) is 3. The maximum absolute atomic E-state index is 12.4. The Morgan fingerprint density at radius 2 is 1.83 bits per heavy atom. The average Bonchev–Trinajstić information content (AvgIpc) is 3.08. The molecule has 1 aromatic heterocycles. The Hall–Kier alpha value is -2.15. The second-order valence-corrected chi connectivity index (χ2v) is 7.00. The zero-order chi connectivity index (χ0) is 16.3. The van der Waals surface area contributed by atoms with Crippen molar-refractivity contribution in [3.63, 3.8) is 0 Å². The Labute approximate surface area is 139 Å². The van der Waals surface area contributed by atoms with Crippen molar-refractivity contribution in [2.45, 2.75) is 11.4 Å². The van der Waals surface area contributed by atoms with Crippen LogP contribution in [0.25, 0.3) is 5.69 Å². The molecule has 0 atom stereocenters. The third kappa shape index (κ3) is 3.44. The van der Waals surface area contributed by atoms with E-state index in [0.717, 1.165) is 11.3 Å². The lowest BCUT2D eigenvalue weighted by molar-refractivity contribution is 0.581. The Morgan fingerprint density at radius 1 is 1.09 bits per heavy atom. The van der Waals surface area contributed by atoms with Crippen LogP contribution < -0.4 is 4.72 Å². The van der Waals surface area contributed by atoms with Crippen molar-refractivity contribution in [3.05, 3.63) is 77.8 Å². The van der Waals surface area contributed by atoms with Crippen LogP contribution in [0.15, 0.2) is 72.1 Å². The Kier molecular flexibility index (Phi) is 4.47. The smallest absolute Gasteiger partial charge is 0.242 e. The molecule has 0 aliphatic rings. The van der Waals surface area contributed by atoms with Crippen LogP contribution >= 0.6 is 11.6 Å². The third-order valence-corrected chi connectivity index (χ3v) is 5.25. The Bertz CT molecular complexity index is 909. The summed E-state index contributed by atoms with van der Waals surface area (Å²) in [6, 6.07) is 13.9. The van der Waals surface area contributed by atoms with Crippen LogP contribution in [-0.4, -0.2) is 18.0 Å². The largest absolute Gasteiger partial charge is 0.306 e. The summed E-state index contributed by atoms with van der Waals surface area (Å²) in [6.45, 7) is 0.155. The van der Waals surface area contributed by atoms with E-state index in [2.05, 4.69) is 9.71 Å². The van der Waals surface area contributed by atoms with Crippen LogP contribution in [0.2, 0.25) is 5.02 Å². The first kappa shape index (κ1) is 15.7. The van der Waals surface area contributed by atoms with E-state index in [-0.39, 0.29) is 16.5 Å². The van der Waals surface area contributed by atoms with Gasteiger partial charge in [0, 0.05) is 18.9 Å². The minimum atomic E-state index is -3.68. The molecule has 0 radical (unpaired) electrons. The van der Waals surface area contributed by atoms with Crippen LogP contribution in [0.5, 0.6) is 0 Å². The number of para-hydroxylation sites is 1. The monoisotopic (exact) mass is 347 g/mol. The predicted molar refractivity (Wildman–Crippen MR) is 89.0 cm³/mol. The number of imidazole rings is 1. The van der Waals surface area contributed by atoms with Gasteiger partial charge in [-0.25, -0.2) is 18.1 Å². The number of sulfonamides is 1. The summed E-state index contributed by atoms with van der Waals surface area (Å²) in [5.41, 5.74) is 1.70. The molecular formula is C16H14ClN3O2S.